The summed E-state index contributed by atoms with van der Waals surface area (Å²) < 4.78 is 25.2. The van der Waals surface area contributed by atoms with Crippen molar-refractivity contribution in [1.29, 1.82) is 0 Å². The van der Waals surface area contributed by atoms with Gasteiger partial charge < -0.3 is 5.11 Å². The van der Waals surface area contributed by atoms with E-state index in [0.29, 0.717) is 5.56 Å². The maximum absolute atomic E-state index is 12.6. The van der Waals surface area contributed by atoms with E-state index in [2.05, 4.69) is 0 Å². The fraction of sp³-hybridized carbons (Fsp3) is 0.100. The highest BCUT2D eigenvalue weighted by Crippen LogP contribution is 2.09. The van der Waals surface area contributed by atoms with E-state index in [-0.39, 0.29) is 6.42 Å². The van der Waals surface area contributed by atoms with E-state index in [1.807, 2.05) is 0 Å². The van der Waals surface area contributed by atoms with E-state index in [4.69, 9.17) is 5.11 Å². The van der Waals surface area contributed by atoms with Crippen LogP contribution in [0.3, 0.4) is 0 Å². The van der Waals surface area contributed by atoms with Gasteiger partial charge in [-0.2, -0.15) is 0 Å². The minimum absolute atomic E-state index is 0.169. The molecule has 0 fully saturated rings. The average molecular weight is 198 g/mol. The van der Waals surface area contributed by atoms with Crippen LogP contribution in [0.4, 0.5) is 8.78 Å². The number of aliphatic carboxylic acids is 1. The number of carbonyl (C=O) groups is 1. The molecular formula is C10H8F2O2. The van der Waals surface area contributed by atoms with Gasteiger partial charge in [-0.05, 0) is 17.7 Å². The van der Waals surface area contributed by atoms with Crippen molar-refractivity contribution < 1.29 is 18.7 Å². The quantitative estimate of drug-likeness (QED) is 0.809. The number of rotatable bonds is 3. The molecule has 14 heavy (non-hydrogen) atoms. The Bertz CT molecular complexity index is 352. The Labute approximate surface area is 79.5 Å². The van der Waals surface area contributed by atoms with Crippen LogP contribution >= 0.6 is 0 Å². The first-order chi connectivity index (χ1) is 6.58. The van der Waals surface area contributed by atoms with E-state index in [1.54, 1.807) is 0 Å². The molecule has 0 aliphatic carbocycles. The fourth-order valence-electron chi connectivity index (χ4n) is 0.967. The second kappa shape index (κ2) is 4.50. The zero-order chi connectivity index (χ0) is 10.6. The average Bonchev–Trinajstić information content (AvgIpc) is 2.01. The highest BCUT2D eigenvalue weighted by atomic mass is 19.1. The molecule has 0 bridgehead atoms. The van der Waals surface area contributed by atoms with Crippen LogP contribution in [-0.4, -0.2) is 11.1 Å². The van der Waals surface area contributed by atoms with Crippen molar-refractivity contribution in [2.75, 3.05) is 0 Å². The van der Waals surface area contributed by atoms with Crippen LogP contribution < -0.4 is 0 Å². The minimum Gasteiger partial charge on any atom is -0.481 e. The largest absolute Gasteiger partial charge is 0.481 e. The summed E-state index contributed by atoms with van der Waals surface area (Å²) in [6.45, 7) is 0. The molecule has 0 atom stereocenters. The molecule has 0 amide bonds. The lowest BCUT2D eigenvalue weighted by atomic mass is 10.2. The molecule has 0 aromatic heterocycles. The lowest BCUT2D eigenvalue weighted by molar-refractivity contribution is -0.135. The highest BCUT2D eigenvalue weighted by Gasteiger charge is 1.97. The first kappa shape index (κ1) is 10.4. The van der Waals surface area contributed by atoms with Crippen LogP contribution in [0, 0.1) is 11.6 Å². The summed E-state index contributed by atoms with van der Waals surface area (Å²) >= 11 is 0. The zero-order valence-corrected chi connectivity index (χ0v) is 7.21. The molecule has 1 rings (SSSR count). The van der Waals surface area contributed by atoms with Crippen LogP contribution in [0.2, 0.25) is 0 Å². The van der Waals surface area contributed by atoms with E-state index in [0.717, 1.165) is 18.2 Å². The van der Waals surface area contributed by atoms with Gasteiger partial charge in [0.05, 0.1) is 6.42 Å². The van der Waals surface area contributed by atoms with Gasteiger partial charge in [-0.15, -0.1) is 0 Å². The SMILES string of the molecule is O=C(O)C/C=C/c1cc(F)cc(F)c1. The third-order valence-electron chi connectivity index (χ3n) is 1.49. The van der Waals surface area contributed by atoms with Gasteiger partial charge in [0.15, 0.2) is 0 Å². The van der Waals surface area contributed by atoms with E-state index in [1.165, 1.54) is 12.2 Å². The van der Waals surface area contributed by atoms with Crippen LogP contribution in [0.1, 0.15) is 12.0 Å². The molecule has 2 nitrogen and oxygen atoms in total. The predicted octanol–water partition coefficient (Wildman–Crippen LogP) is 2.45. The van der Waals surface area contributed by atoms with Gasteiger partial charge in [0.2, 0.25) is 0 Å². The lowest BCUT2D eigenvalue weighted by Gasteiger charge is -1.94. The molecular weight excluding hydrogens is 190 g/mol. The monoisotopic (exact) mass is 198 g/mol. The van der Waals surface area contributed by atoms with Gasteiger partial charge in [0.25, 0.3) is 0 Å². The summed E-state index contributed by atoms with van der Waals surface area (Å²) in [5, 5.41) is 8.30. The lowest BCUT2D eigenvalue weighted by Crippen LogP contribution is -1.89. The van der Waals surface area contributed by atoms with Crippen LogP contribution in [0.15, 0.2) is 24.3 Å². The van der Waals surface area contributed by atoms with Gasteiger partial charge in [-0.25, -0.2) is 8.78 Å². The second-order valence-corrected chi connectivity index (χ2v) is 2.70. The molecule has 0 unspecified atom stereocenters. The Morgan fingerprint density at radius 3 is 2.36 bits per heavy atom. The first-order valence-corrected chi connectivity index (χ1v) is 3.92. The van der Waals surface area contributed by atoms with Crippen molar-refractivity contribution in [3.8, 4) is 0 Å². The summed E-state index contributed by atoms with van der Waals surface area (Å²) in [4.78, 5) is 10.1. The van der Waals surface area contributed by atoms with E-state index >= 15 is 0 Å². The summed E-state index contributed by atoms with van der Waals surface area (Å²) in [5.74, 6) is -2.35. The first-order valence-electron chi connectivity index (χ1n) is 3.92. The Balaban J connectivity index is 2.76. The third kappa shape index (κ3) is 3.35. The molecule has 0 radical (unpaired) electrons. The van der Waals surface area contributed by atoms with Crippen molar-refractivity contribution >= 4 is 12.0 Å². The third-order valence-corrected chi connectivity index (χ3v) is 1.49. The number of hydrogen-bond donors (Lipinski definition) is 1. The van der Waals surface area contributed by atoms with Gasteiger partial charge in [0.1, 0.15) is 11.6 Å². The number of hydrogen-bond acceptors (Lipinski definition) is 1. The molecule has 0 saturated carbocycles. The van der Waals surface area contributed by atoms with Crippen LogP contribution in [0.25, 0.3) is 6.08 Å². The summed E-state index contributed by atoms with van der Waals surface area (Å²) in [6.07, 6.45) is 2.52. The minimum atomic E-state index is -0.988. The molecule has 0 aliphatic heterocycles. The molecule has 0 saturated heterocycles. The molecule has 1 aromatic carbocycles. The normalized spacial score (nSPS) is 10.7. The van der Waals surface area contributed by atoms with Crippen molar-refractivity contribution in [2.24, 2.45) is 0 Å². The second-order valence-electron chi connectivity index (χ2n) is 2.70. The summed E-state index contributed by atoms with van der Waals surface area (Å²) in [6, 6.07) is 3.01. The standard InChI is InChI=1S/C10H8F2O2/c11-8-4-7(5-9(12)6-8)2-1-3-10(13)14/h1-2,4-6H,3H2,(H,13,14)/b2-1+. The highest BCUT2D eigenvalue weighted by molar-refractivity contribution is 5.70. The maximum atomic E-state index is 12.6. The van der Waals surface area contributed by atoms with Crippen molar-refractivity contribution in [3.05, 3.63) is 41.5 Å². The summed E-state index contributed by atoms with van der Waals surface area (Å²) in [5.41, 5.74) is 0.309. The molecule has 0 heterocycles. The fourth-order valence-corrected chi connectivity index (χ4v) is 0.967. The smallest absolute Gasteiger partial charge is 0.307 e. The Morgan fingerprint density at radius 1 is 1.29 bits per heavy atom. The van der Waals surface area contributed by atoms with E-state index in [9.17, 15) is 13.6 Å². The Kier molecular flexibility index (Phi) is 3.34. The molecule has 0 spiro atoms. The van der Waals surface area contributed by atoms with Gasteiger partial charge >= 0.3 is 5.97 Å². The Morgan fingerprint density at radius 2 is 1.86 bits per heavy atom. The van der Waals surface area contributed by atoms with Crippen LogP contribution in [-0.2, 0) is 4.79 Å². The number of benzene rings is 1. The van der Waals surface area contributed by atoms with Crippen molar-refractivity contribution in [3.63, 3.8) is 0 Å². The van der Waals surface area contributed by atoms with Crippen molar-refractivity contribution in [2.45, 2.75) is 6.42 Å². The molecule has 4 heteroatoms. The number of carboxylic acids is 1. The number of carboxylic acid groups (broad SMARTS) is 1. The Hall–Kier alpha value is -1.71. The van der Waals surface area contributed by atoms with E-state index < -0.39 is 17.6 Å². The van der Waals surface area contributed by atoms with Gasteiger partial charge in [-0.1, -0.05) is 12.2 Å². The van der Waals surface area contributed by atoms with Crippen LogP contribution in [0.5, 0.6) is 0 Å². The summed E-state index contributed by atoms with van der Waals surface area (Å²) in [7, 11) is 0. The molecule has 0 aliphatic rings. The molecule has 1 N–H and O–H groups in total. The topological polar surface area (TPSA) is 37.3 Å². The number of halogens is 2. The van der Waals surface area contributed by atoms with Gasteiger partial charge in [0, 0.05) is 6.07 Å². The predicted molar refractivity (Wildman–Crippen MR) is 47.6 cm³/mol. The van der Waals surface area contributed by atoms with Crippen molar-refractivity contribution in [1.82, 2.24) is 0 Å². The maximum Gasteiger partial charge on any atom is 0.307 e. The molecule has 1 aromatic rings. The molecule has 74 valence electrons. The van der Waals surface area contributed by atoms with Gasteiger partial charge in [-0.3, -0.25) is 4.79 Å². The zero-order valence-electron chi connectivity index (χ0n) is 7.21.